The highest BCUT2D eigenvalue weighted by molar-refractivity contribution is 5.30. The van der Waals surface area contributed by atoms with E-state index in [2.05, 4.69) is 15.3 Å². The van der Waals surface area contributed by atoms with Crippen LogP contribution >= 0.6 is 0 Å². The molecule has 3 aromatic rings. The largest absolute Gasteiger partial charge is 0.394 e. The van der Waals surface area contributed by atoms with Crippen LogP contribution in [0.3, 0.4) is 0 Å². The molecular formula is C18H19N5O6. The summed E-state index contributed by atoms with van der Waals surface area (Å²) in [4.78, 5) is 26.6. The molecule has 1 saturated heterocycles. The third-order valence-electron chi connectivity index (χ3n) is 4.77. The van der Waals surface area contributed by atoms with Gasteiger partial charge in [0.05, 0.1) is 24.2 Å². The maximum atomic E-state index is 12.2. The van der Waals surface area contributed by atoms with E-state index in [0.717, 1.165) is 10.3 Å². The van der Waals surface area contributed by atoms with E-state index < -0.39 is 42.4 Å². The fraction of sp³-hybridized carbons (Fsp3) is 0.333. The first kappa shape index (κ1) is 19.2. The van der Waals surface area contributed by atoms with Crippen molar-refractivity contribution in [1.29, 1.82) is 0 Å². The van der Waals surface area contributed by atoms with E-state index in [-0.39, 0.29) is 12.0 Å². The van der Waals surface area contributed by atoms with Crippen molar-refractivity contribution >= 4 is 0 Å². The van der Waals surface area contributed by atoms with Crippen molar-refractivity contribution in [3.05, 3.63) is 74.8 Å². The van der Waals surface area contributed by atoms with Gasteiger partial charge in [0.15, 0.2) is 6.23 Å². The lowest BCUT2D eigenvalue weighted by Gasteiger charge is -2.17. The molecule has 1 fully saturated rings. The molecule has 4 atom stereocenters. The van der Waals surface area contributed by atoms with E-state index in [4.69, 9.17) is 4.74 Å². The number of rotatable bonds is 5. The summed E-state index contributed by atoms with van der Waals surface area (Å²) in [5.74, 6) is 0. The quantitative estimate of drug-likeness (QED) is 0.395. The Morgan fingerprint density at radius 1 is 1.10 bits per heavy atom. The van der Waals surface area contributed by atoms with Gasteiger partial charge in [0.2, 0.25) is 0 Å². The van der Waals surface area contributed by atoms with Crippen LogP contribution in [0.25, 0.3) is 5.69 Å². The lowest BCUT2D eigenvalue weighted by Crippen LogP contribution is -2.39. The molecule has 1 aromatic carbocycles. The summed E-state index contributed by atoms with van der Waals surface area (Å²) in [6, 6.07) is 9.30. The molecule has 0 spiro atoms. The second-order valence-corrected chi connectivity index (χ2v) is 6.72. The Bertz CT molecular complexity index is 1110. The number of aromatic amines is 1. The van der Waals surface area contributed by atoms with Gasteiger partial charge in [-0.15, -0.1) is 5.10 Å². The molecule has 2 aromatic heterocycles. The van der Waals surface area contributed by atoms with Crippen LogP contribution in [0.5, 0.6) is 0 Å². The third kappa shape index (κ3) is 3.63. The fourth-order valence-corrected chi connectivity index (χ4v) is 3.23. The Morgan fingerprint density at radius 3 is 2.55 bits per heavy atom. The fourth-order valence-electron chi connectivity index (χ4n) is 3.23. The van der Waals surface area contributed by atoms with Crippen LogP contribution in [-0.4, -0.2) is 64.8 Å². The first-order valence-electron chi connectivity index (χ1n) is 8.91. The summed E-state index contributed by atoms with van der Waals surface area (Å²) in [5, 5.41) is 37.4. The van der Waals surface area contributed by atoms with Crippen LogP contribution in [0.15, 0.2) is 52.3 Å². The van der Waals surface area contributed by atoms with Gasteiger partial charge in [-0.1, -0.05) is 23.4 Å². The highest BCUT2D eigenvalue weighted by Crippen LogP contribution is 2.28. The minimum atomic E-state index is -1.44. The number of nitrogens with one attached hydrogen (secondary N) is 1. The monoisotopic (exact) mass is 401 g/mol. The number of benzene rings is 1. The first-order chi connectivity index (χ1) is 14.0. The lowest BCUT2D eigenvalue weighted by molar-refractivity contribution is -0.0551. The molecule has 4 N–H and O–H groups in total. The summed E-state index contributed by atoms with van der Waals surface area (Å²) in [6.07, 6.45) is -2.09. The minimum absolute atomic E-state index is 0.0806. The summed E-state index contributed by atoms with van der Waals surface area (Å²) in [6.45, 7) is -0.526. The molecular weight excluding hydrogens is 382 g/mol. The molecule has 1 aliphatic heterocycles. The van der Waals surface area contributed by atoms with Gasteiger partial charge in [0.25, 0.3) is 5.56 Å². The van der Waals surface area contributed by atoms with Crippen LogP contribution in [0, 0.1) is 0 Å². The van der Waals surface area contributed by atoms with Crippen LogP contribution in [0.1, 0.15) is 17.5 Å². The number of hydrogen-bond donors (Lipinski definition) is 4. The second kappa shape index (κ2) is 7.72. The van der Waals surface area contributed by atoms with Crippen molar-refractivity contribution in [1.82, 2.24) is 24.5 Å². The second-order valence-electron chi connectivity index (χ2n) is 6.72. The Balaban J connectivity index is 1.63. The van der Waals surface area contributed by atoms with Crippen LogP contribution in [0.4, 0.5) is 0 Å². The Hall–Kier alpha value is -3.12. The van der Waals surface area contributed by atoms with Crippen molar-refractivity contribution in [3.8, 4) is 5.69 Å². The summed E-state index contributed by atoms with van der Waals surface area (Å²) < 4.78 is 7.92. The average Bonchev–Trinajstić information content (AvgIpc) is 3.30. The van der Waals surface area contributed by atoms with E-state index in [1.54, 1.807) is 10.9 Å². The van der Waals surface area contributed by atoms with E-state index in [1.807, 2.05) is 30.3 Å². The highest BCUT2D eigenvalue weighted by Gasteiger charge is 2.43. The van der Waals surface area contributed by atoms with Crippen molar-refractivity contribution in [2.24, 2.45) is 0 Å². The first-order valence-corrected chi connectivity index (χ1v) is 8.91. The van der Waals surface area contributed by atoms with E-state index in [1.165, 1.54) is 6.20 Å². The van der Waals surface area contributed by atoms with Gasteiger partial charge in [-0.2, -0.15) is 0 Å². The SMILES string of the molecule is O=c1[nH]c(=O)n(C2OC(CO)C(O)C2O)cc1Cc1cn(-c2ccccc2)nn1. The van der Waals surface area contributed by atoms with Gasteiger partial charge in [-0.25, -0.2) is 9.48 Å². The number of ether oxygens (including phenoxy) is 1. The normalized spacial score (nSPS) is 24.1. The predicted octanol–water partition coefficient (Wildman–Crippen LogP) is -1.68. The molecule has 0 aliphatic carbocycles. The van der Waals surface area contributed by atoms with Crippen molar-refractivity contribution in [2.45, 2.75) is 31.0 Å². The standard InChI is InChI=1S/C18H19N5O6/c24-9-13-14(25)15(26)17(29-13)22-7-10(16(27)19-18(22)28)6-11-8-23(21-20-11)12-4-2-1-3-5-12/h1-5,7-8,13-15,17,24-26H,6,9H2,(H,19,27,28). The maximum absolute atomic E-state index is 12.2. The topological polar surface area (TPSA) is 155 Å². The number of nitrogens with zero attached hydrogens (tertiary/aromatic N) is 4. The summed E-state index contributed by atoms with van der Waals surface area (Å²) in [7, 11) is 0. The van der Waals surface area contributed by atoms with Gasteiger partial charge in [-0.3, -0.25) is 14.3 Å². The smallest absolute Gasteiger partial charge is 0.330 e. The molecule has 1 aliphatic rings. The lowest BCUT2D eigenvalue weighted by atomic mass is 10.1. The zero-order valence-electron chi connectivity index (χ0n) is 15.1. The molecule has 11 nitrogen and oxygen atoms in total. The van der Waals surface area contributed by atoms with Crippen LogP contribution < -0.4 is 11.2 Å². The predicted molar refractivity (Wildman–Crippen MR) is 98.5 cm³/mol. The van der Waals surface area contributed by atoms with E-state index >= 15 is 0 Å². The van der Waals surface area contributed by atoms with Crippen LogP contribution in [0.2, 0.25) is 0 Å². The molecule has 0 bridgehead atoms. The molecule has 0 radical (unpaired) electrons. The molecule has 4 unspecified atom stereocenters. The minimum Gasteiger partial charge on any atom is -0.394 e. The number of aliphatic hydroxyl groups excluding tert-OH is 3. The Labute approximate surface area is 163 Å². The van der Waals surface area contributed by atoms with Gasteiger partial charge >= 0.3 is 5.69 Å². The van der Waals surface area contributed by atoms with Gasteiger partial charge < -0.3 is 20.1 Å². The van der Waals surface area contributed by atoms with Gasteiger partial charge in [0, 0.05) is 18.2 Å². The van der Waals surface area contributed by atoms with Crippen molar-refractivity contribution in [3.63, 3.8) is 0 Å². The molecule has 152 valence electrons. The van der Waals surface area contributed by atoms with E-state index in [9.17, 15) is 24.9 Å². The molecule has 29 heavy (non-hydrogen) atoms. The molecule has 3 heterocycles. The number of aliphatic hydroxyl groups is 3. The Kier molecular flexibility index (Phi) is 5.11. The van der Waals surface area contributed by atoms with Crippen molar-refractivity contribution < 1.29 is 20.1 Å². The maximum Gasteiger partial charge on any atom is 0.330 e. The zero-order chi connectivity index (χ0) is 20.5. The van der Waals surface area contributed by atoms with Gasteiger partial charge in [-0.05, 0) is 12.1 Å². The molecule has 11 heteroatoms. The third-order valence-corrected chi connectivity index (χ3v) is 4.77. The number of aromatic nitrogens is 5. The van der Waals surface area contributed by atoms with Crippen LogP contribution in [-0.2, 0) is 11.2 Å². The van der Waals surface area contributed by atoms with Crippen molar-refractivity contribution in [2.75, 3.05) is 6.61 Å². The molecule has 4 rings (SSSR count). The zero-order valence-corrected chi connectivity index (χ0v) is 15.1. The Morgan fingerprint density at radius 2 is 1.86 bits per heavy atom. The number of para-hydroxylation sites is 1. The number of H-pyrrole nitrogens is 1. The molecule has 0 amide bonds. The summed E-state index contributed by atoms with van der Waals surface area (Å²) >= 11 is 0. The highest BCUT2D eigenvalue weighted by atomic mass is 16.6. The van der Waals surface area contributed by atoms with Gasteiger partial charge in [0.1, 0.15) is 18.3 Å². The number of hydrogen-bond acceptors (Lipinski definition) is 8. The summed E-state index contributed by atoms with van der Waals surface area (Å²) in [5.41, 5.74) is 0.0820. The molecule has 0 saturated carbocycles. The van der Waals surface area contributed by atoms with E-state index in [0.29, 0.717) is 5.69 Å². The average molecular weight is 401 g/mol.